The number of carbonyl (C=O) groups excluding carboxylic acids is 1. The molecule has 2 rings (SSSR count). The fourth-order valence-electron chi connectivity index (χ4n) is 3.52. The summed E-state index contributed by atoms with van der Waals surface area (Å²) >= 11 is 1.90. The molecule has 5 heteroatoms. The quantitative estimate of drug-likeness (QED) is 0.848. The first-order valence-electron chi connectivity index (χ1n) is 7.58. The van der Waals surface area contributed by atoms with E-state index in [1.165, 1.54) is 6.42 Å². The predicted octanol–water partition coefficient (Wildman–Crippen LogP) is 2.77. The minimum Gasteiger partial charge on any atom is -0.481 e. The first-order valence-corrected chi connectivity index (χ1v) is 8.73. The molecule has 1 N–H and O–H groups in total. The fraction of sp³-hybridized carbons (Fsp3) is 0.867. The summed E-state index contributed by atoms with van der Waals surface area (Å²) < 4.78 is 0. The van der Waals surface area contributed by atoms with Crippen molar-refractivity contribution >= 4 is 23.6 Å². The van der Waals surface area contributed by atoms with Gasteiger partial charge in [-0.25, -0.2) is 0 Å². The van der Waals surface area contributed by atoms with E-state index in [9.17, 15) is 9.59 Å². The van der Waals surface area contributed by atoms with Gasteiger partial charge in [-0.15, -0.1) is 0 Å². The maximum atomic E-state index is 12.5. The zero-order chi connectivity index (χ0) is 14.6. The van der Waals surface area contributed by atoms with Gasteiger partial charge in [0.15, 0.2) is 0 Å². The molecule has 2 fully saturated rings. The molecule has 20 heavy (non-hydrogen) atoms. The maximum Gasteiger partial charge on any atom is 0.303 e. The summed E-state index contributed by atoms with van der Waals surface area (Å²) in [5.74, 6) is 1.52. The molecular formula is C15H25NO3S. The van der Waals surface area contributed by atoms with Crippen LogP contribution in [0.4, 0.5) is 0 Å². The lowest BCUT2D eigenvalue weighted by molar-refractivity contribution is -0.142. The number of carbonyl (C=O) groups is 2. The highest BCUT2D eigenvalue weighted by molar-refractivity contribution is 7.99. The Morgan fingerprint density at radius 2 is 1.95 bits per heavy atom. The number of hydrogen-bond acceptors (Lipinski definition) is 3. The van der Waals surface area contributed by atoms with Crippen molar-refractivity contribution in [3.05, 3.63) is 0 Å². The van der Waals surface area contributed by atoms with Crippen molar-refractivity contribution in [2.24, 2.45) is 5.41 Å². The number of carboxylic acid groups (broad SMARTS) is 1. The molecule has 1 saturated heterocycles. The molecule has 2 aliphatic rings. The van der Waals surface area contributed by atoms with E-state index in [2.05, 4.69) is 0 Å². The highest BCUT2D eigenvalue weighted by Crippen LogP contribution is 2.43. The fourth-order valence-corrected chi connectivity index (χ4v) is 4.78. The summed E-state index contributed by atoms with van der Waals surface area (Å²) in [5, 5.41) is 9.17. The minimum atomic E-state index is -0.765. The third-order valence-corrected chi connectivity index (χ3v) is 5.96. The van der Waals surface area contributed by atoms with Gasteiger partial charge in [0.25, 0.3) is 0 Å². The second kappa shape index (κ2) is 6.83. The monoisotopic (exact) mass is 299 g/mol. The summed E-state index contributed by atoms with van der Waals surface area (Å²) in [4.78, 5) is 25.5. The van der Waals surface area contributed by atoms with E-state index in [1.807, 2.05) is 23.7 Å². The molecule has 1 heterocycles. The van der Waals surface area contributed by atoms with E-state index >= 15 is 0 Å². The molecule has 0 aromatic rings. The van der Waals surface area contributed by atoms with E-state index in [-0.39, 0.29) is 17.7 Å². The Hall–Kier alpha value is -0.710. The third kappa shape index (κ3) is 3.90. The van der Waals surface area contributed by atoms with Crippen LogP contribution in [-0.4, -0.2) is 46.5 Å². The van der Waals surface area contributed by atoms with Gasteiger partial charge in [-0.2, -0.15) is 11.8 Å². The normalized spacial score (nSPS) is 25.4. The van der Waals surface area contributed by atoms with Crippen LogP contribution in [-0.2, 0) is 9.59 Å². The van der Waals surface area contributed by atoms with Crippen LogP contribution in [0.5, 0.6) is 0 Å². The van der Waals surface area contributed by atoms with Gasteiger partial charge >= 0.3 is 5.97 Å². The lowest BCUT2D eigenvalue weighted by Crippen LogP contribution is -2.41. The second-order valence-corrected chi connectivity index (χ2v) is 7.48. The Morgan fingerprint density at radius 3 is 2.50 bits per heavy atom. The van der Waals surface area contributed by atoms with Crippen molar-refractivity contribution in [1.29, 1.82) is 0 Å². The number of aliphatic carboxylic acids is 1. The molecule has 1 saturated carbocycles. The van der Waals surface area contributed by atoms with E-state index < -0.39 is 5.97 Å². The van der Waals surface area contributed by atoms with Crippen LogP contribution in [0, 0.1) is 5.41 Å². The summed E-state index contributed by atoms with van der Waals surface area (Å²) in [6, 6.07) is 0.345. The van der Waals surface area contributed by atoms with Gasteiger partial charge in [-0.1, -0.05) is 19.3 Å². The number of hydrogen-bond donors (Lipinski definition) is 1. The second-order valence-electron chi connectivity index (χ2n) is 6.33. The van der Waals surface area contributed by atoms with E-state index in [1.54, 1.807) is 0 Å². The van der Waals surface area contributed by atoms with Crippen molar-refractivity contribution in [2.45, 2.75) is 57.4 Å². The molecule has 1 aliphatic carbocycles. The van der Waals surface area contributed by atoms with Crippen LogP contribution >= 0.6 is 11.8 Å². The molecule has 0 bridgehead atoms. The van der Waals surface area contributed by atoms with Crippen LogP contribution in [0.1, 0.15) is 51.4 Å². The number of nitrogens with zero attached hydrogens (tertiary/aromatic N) is 1. The molecule has 0 spiro atoms. The van der Waals surface area contributed by atoms with Crippen molar-refractivity contribution in [1.82, 2.24) is 4.90 Å². The van der Waals surface area contributed by atoms with Gasteiger partial charge in [0.2, 0.25) is 5.91 Å². The summed E-state index contributed by atoms with van der Waals surface area (Å²) in [5.41, 5.74) is -0.291. The van der Waals surface area contributed by atoms with Crippen molar-refractivity contribution in [3.8, 4) is 0 Å². The Labute approximate surface area is 125 Å². The predicted molar refractivity (Wildman–Crippen MR) is 80.9 cm³/mol. The molecule has 1 unspecified atom stereocenters. The average molecular weight is 299 g/mol. The standard InChI is InChI=1S/C15H25NO3S/c1-16(12-5-8-20-11-12)13(17)9-15(10-14(18)19)6-3-2-4-7-15/h12H,2-11H2,1H3,(H,18,19). The van der Waals surface area contributed by atoms with Crippen LogP contribution in [0.15, 0.2) is 0 Å². The average Bonchev–Trinajstić information content (AvgIpc) is 2.91. The largest absolute Gasteiger partial charge is 0.481 e. The van der Waals surface area contributed by atoms with Gasteiger partial charge in [0.1, 0.15) is 0 Å². The molecule has 1 atom stereocenters. The zero-order valence-corrected chi connectivity index (χ0v) is 13.1. The Balaban J connectivity index is 1.98. The molecule has 114 valence electrons. The number of thioether (sulfide) groups is 1. The first kappa shape index (κ1) is 15.7. The number of amides is 1. The van der Waals surface area contributed by atoms with Gasteiger partial charge in [0, 0.05) is 25.3 Å². The molecule has 0 aromatic heterocycles. The van der Waals surface area contributed by atoms with Crippen molar-refractivity contribution < 1.29 is 14.7 Å². The van der Waals surface area contributed by atoms with Crippen molar-refractivity contribution in [2.75, 3.05) is 18.6 Å². The van der Waals surface area contributed by atoms with Gasteiger partial charge < -0.3 is 10.0 Å². The summed E-state index contributed by atoms with van der Waals surface area (Å²) in [6.45, 7) is 0. The van der Waals surface area contributed by atoms with E-state index in [0.717, 1.165) is 43.6 Å². The third-order valence-electron chi connectivity index (χ3n) is 4.81. The van der Waals surface area contributed by atoms with Crippen molar-refractivity contribution in [3.63, 3.8) is 0 Å². The van der Waals surface area contributed by atoms with Crippen LogP contribution in [0.2, 0.25) is 0 Å². The minimum absolute atomic E-state index is 0.139. The SMILES string of the molecule is CN(C(=O)CC1(CC(=O)O)CCCCC1)C1CCSC1. The Bertz CT molecular complexity index is 360. The number of carboxylic acids is 1. The highest BCUT2D eigenvalue weighted by atomic mass is 32.2. The smallest absolute Gasteiger partial charge is 0.303 e. The Morgan fingerprint density at radius 1 is 1.25 bits per heavy atom. The maximum absolute atomic E-state index is 12.5. The molecule has 1 amide bonds. The topological polar surface area (TPSA) is 57.6 Å². The van der Waals surface area contributed by atoms with Gasteiger partial charge in [0.05, 0.1) is 6.42 Å². The van der Waals surface area contributed by atoms with Crippen LogP contribution in [0.3, 0.4) is 0 Å². The van der Waals surface area contributed by atoms with Crippen LogP contribution < -0.4 is 0 Å². The Kier molecular flexibility index (Phi) is 5.35. The van der Waals surface area contributed by atoms with E-state index in [4.69, 9.17) is 5.11 Å². The molecule has 1 aliphatic heterocycles. The van der Waals surface area contributed by atoms with Crippen LogP contribution in [0.25, 0.3) is 0 Å². The lowest BCUT2D eigenvalue weighted by atomic mass is 9.69. The molecule has 0 radical (unpaired) electrons. The number of rotatable bonds is 5. The summed E-state index contributed by atoms with van der Waals surface area (Å²) in [7, 11) is 1.89. The molecular weight excluding hydrogens is 274 g/mol. The van der Waals surface area contributed by atoms with Gasteiger partial charge in [-0.05, 0) is 30.4 Å². The zero-order valence-electron chi connectivity index (χ0n) is 12.3. The lowest BCUT2D eigenvalue weighted by Gasteiger charge is -2.37. The summed E-state index contributed by atoms with van der Waals surface area (Å²) in [6.07, 6.45) is 6.69. The molecule has 0 aromatic carbocycles. The molecule has 4 nitrogen and oxygen atoms in total. The first-order chi connectivity index (χ1) is 9.52. The van der Waals surface area contributed by atoms with E-state index in [0.29, 0.717) is 12.5 Å². The highest BCUT2D eigenvalue weighted by Gasteiger charge is 2.38. The van der Waals surface area contributed by atoms with Gasteiger partial charge in [-0.3, -0.25) is 9.59 Å².